The van der Waals surface area contributed by atoms with Crippen molar-refractivity contribution in [1.82, 2.24) is 5.32 Å². The molecule has 3 heteroatoms. The van der Waals surface area contributed by atoms with Gasteiger partial charge in [0, 0.05) is 12.1 Å². The maximum Gasteiger partial charge on any atom is 0.126 e. The van der Waals surface area contributed by atoms with Crippen LogP contribution in [0.4, 0.5) is 8.78 Å². The van der Waals surface area contributed by atoms with Gasteiger partial charge in [0.2, 0.25) is 0 Å². The van der Waals surface area contributed by atoms with Crippen molar-refractivity contribution in [3.63, 3.8) is 0 Å². The Morgan fingerprint density at radius 2 is 1.88 bits per heavy atom. The average molecular weight is 239 g/mol. The largest absolute Gasteiger partial charge is 0.314 e. The van der Waals surface area contributed by atoms with Crippen LogP contribution >= 0.6 is 0 Å². The second-order valence-corrected chi connectivity index (χ2v) is 5.10. The highest BCUT2D eigenvalue weighted by Crippen LogP contribution is 2.19. The minimum Gasteiger partial charge on any atom is -0.314 e. The molecule has 1 atom stereocenters. The van der Waals surface area contributed by atoms with Gasteiger partial charge in [-0.3, -0.25) is 0 Å². The smallest absolute Gasteiger partial charge is 0.126 e. The van der Waals surface area contributed by atoms with Crippen LogP contribution in [0.3, 0.4) is 0 Å². The third kappa shape index (κ3) is 4.43. The fourth-order valence-corrected chi connectivity index (χ4v) is 1.93. The lowest BCUT2D eigenvalue weighted by Crippen LogP contribution is -2.23. The van der Waals surface area contributed by atoms with Crippen LogP contribution in [0.25, 0.3) is 0 Å². The van der Waals surface area contributed by atoms with Gasteiger partial charge in [-0.15, -0.1) is 0 Å². The van der Waals surface area contributed by atoms with E-state index in [1.165, 1.54) is 25.0 Å². The van der Waals surface area contributed by atoms with Gasteiger partial charge in [0.25, 0.3) is 0 Å². The zero-order chi connectivity index (χ0) is 12.3. The van der Waals surface area contributed by atoms with Crippen molar-refractivity contribution >= 4 is 0 Å². The van der Waals surface area contributed by atoms with E-state index in [1.807, 2.05) is 0 Å². The van der Waals surface area contributed by atoms with Crippen molar-refractivity contribution in [2.45, 2.75) is 38.6 Å². The Bertz CT molecular complexity index is 354. The summed E-state index contributed by atoms with van der Waals surface area (Å²) in [6.45, 7) is 3.17. The summed E-state index contributed by atoms with van der Waals surface area (Å²) in [5, 5.41) is 3.47. The normalized spacial score (nSPS) is 17.1. The van der Waals surface area contributed by atoms with Crippen LogP contribution in [0.1, 0.15) is 31.7 Å². The highest BCUT2D eigenvalue weighted by atomic mass is 19.1. The molecular weight excluding hydrogens is 220 g/mol. The molecule has 94 valence electrons. The van der Waals surface area contributed by atoms with Gasteiger partial charge >= 0.3 is 0 Å². The fraction of sp³-hybridized carbons (Fsp3) is 0.571. The Morgan fingerprint density at radius 1 is 1.24 bits per heavy atom. The van der Waals surface area contributed by atoms with Crippen LogP contribution in [-0.4, -0.2) is 12.6 Å². The van der Waals surface area contributed by atoms with Crippen molar-refractivity contribution in [3.05, 3.63) is 35.4 Å². The van der Waals surface area contributed by atoms with E-state index in [4.69, 9.17) is 0 Å². The summed E-state index contributed by atoms with van der Waals surface area (Å²) in [7, 11) is 0. The highest BCUT2D eigenvalue weighted by molar-refractivity contribution is 5.17. The number of rotatable bonds is 6. The van der Waals surface area contributed by atoms with Gasteiger partial charge in [0.1, 0.15) is 11.6 Å². The summed E-state index contributed by atoms with van der Waals surface area (Å²) >= 11 is 0. The number of hydrogen-bond acceptors (Lipinski definition) is 1. The number of aryl methyl sites for hydroxylation is 1. The van der Waals surface area contributed by atoms with E-state index in [2.05, 4.69) is 12.2 Å². The molecule has 1 aromatic rings. The lowest BCUT2D eigenvalue weighted by Gasteiger charge is -2.12. The fourth-order valence-electron chi connectivity index (χ4n) is 1.93. The molecule has 1 aliphatic rings. The first-order valence-corrected chi connectivity index (χ1v) is 6.32. The highest BCUT2D eigenvalue weighted by Gasteiger charge is 2.20. The number of hydrogen-bond donors (Lipinski definition) is 1. The van der Waals surface area contributed by atoms with Crippen molar-refractivity contribution in [2.75, 3.05) is 6.54 Å². The standard InChI is InChI=1S/C14H19F2N/c1-10(9-17-14-4-5-14)2-3-11-6-12(15)8-13(16)7-11/h6-8,10,14,17H,2-5,9H2,1H3. The van der Waals surface area contributed by atoms with Crippen molar-refractivity contribution in [3.8, 4) is 0 Å². The maximum atomic E-state index is 13.0. The van der Waals surface area contributed by atoms with Gasteiger partial charge in [0.05, 0.1) is 0 Å². The second kappa shape index (κ2) is 5.58. The predicted molar refractivity (Wildman–Crippen MR) is 64.9 cm³/mol. The first kappa shape index (κ1) is 12.5. The lowest BCUT2D eigenvalue weighted by molar-refractivity contribution is 0.478. The van der Waals surface area contributed by atoms with Gasteiger partial charge in [-0.1, -0.05) is 6.92 Å². The molecule has 2 rings (SSSR count). The Balaban J connectivity index is 1.75. The van der Waals surface area contributed by atoms with E-state index in [0.717, 1.165) is 37.1 Å². The molecular formula is C14H19F2N. The zero-order valence-corrected chi connectivity index (χ0v) is 10.2. The Labute approximate surface area is 101 Å². The minimum absolute atomic E-state index is 0.483. The first-order valence-electron chi connectivity index (χ1n) is 6.32. The topological polar surface area (TPSA) is 12.0 Å². The summed E-state index contributed by atoms with van der Waals surface area (Å²) in [5.41, 5.74) is 0.751. The SMILES string of the molecule is CC(CCc1cc(F)cc(F)c1)CNC1CC1. The monoisotopic (exact) mass is 239 g/mol. The van der Waals surface area contributed by atoms with Gasteiger partial charge in [0.15, 0.2) is 0 Å². The van der Waals surface area contributed by atoms with Crippen LogP contribution in [-0.2, 0) is 6.42 Å². The number of halogens is 2. The van der Waals surface area contributed by atoms with E-state index in [0.29, 0.717) is 5.92 Å². The molecule has 1 aliphatic carbocycles. The quantitative estimate of drug-likeness (QED) is 0.803. The minimum atomic E-state index is -0.483. The Kier molecular flexibility index (Phi) is 4.11. The molecule has 1 unspecified atom stereocenters. The predicted octanol–water partition coefficient (Wildman–Crippen LogP) is 3.29. The molecule has 0 aromatic heterocycles. The molecule has 0 heterocycles. The molecule has 1 N–H and O–H groups in total. The maximum absolute atomic E-state index is 13.0. The van der Waals surface area contributed by atoms with Crippen LogP contribution in [0.2, 0.25) is 0 Å². The van der Waals surface area contributed by atoms with Crippen molar-refractivity contribution < 1.29 is 8.78 Å². The molecule has 0 spiro atoms. The molecule has 0 aliphatic heterocycles. The van der Waals surface area contributed by atoms with Crippen LogP contribution in [0.15, 0.2) is 18.2 Å². The molecule has 0 bridgehead atoms. The van der Waals surface area contributed by atoms with E-state index in [1.54, 1.807) is 0 Å². The summed E-state index contributed by atoms with van der Waals surface area (Å²) < 4.78 is 25.9. The van der Waals surface area contributed by atoms with E-state index in [9.17, 15) is 8.78 Å². The van der Waals surface area contributed by atoms with Gasteiger partial charge in [-0.05, 0) is 55.8 Å². The van der Waals surface area contributed by atoms with Crippen molar-refractivity contribution in [1.29, 1.82) is 0 Å². The number of benzene rings is 1. The molecule has 1 nitrogen and oxygen atoms in total. The molecule has 1 fully saturated rings. The van der Waals surface area contributed by atoms with E-state index >= 15 is 0 Å². The van der Waals surface area contributed by atoms with Gasteiger partial charge in [-0.2, -0.15) is 0 Å². The second-order valence-electron chi connectivity index (χ2n) is 5.10. The third-order valence-electron chi connectivity index (χ3n) is 3.18. The Morgan fingerprint density at radius 3 is 2.47 bits per heavy atom. The molecule has 1 saturated carbocycles. The average Bonchev–Trinajstić information content (AvgIpc) is 3.06. The Hall–Kier alpha value is -0.960. The van der Waals surface area contributed by atoms with Gasteiger partial charge < -0.3 is 5.32 Å². The zero-order valence-electron chi connectivity index (χ0n) is 10.2. The first-order chi connectivity index (χ1) is 8.13. The summed E-state index contributed by atoms with van der Waals surface area (Å²) in [4.78, 5) is 0. The van der Waals surface area contributed by atoms with Crippen LogP contribution < -0.4 is 5.32 Å². The molecule has 0 radical (unpaired) electrons. The third-order valence-corrected chi connectivity index (χ3v) is 3.18. The van der Waals surface area contributed by atoms with Crippen LogP contribution in [0, 0.1) is 17.6 Å². The van der Waals surface area contributed by atoms with Crippen molar-refractivity contribution in [2.24, 2.45) is 5.92 Å². The number of nitrogens with one attached hydrogen (secondary N) is 1. The van der Waals surface area contributed by atoms with Gasteiger partial charge in [-0.25, -0.2) is 8.78 Å². The van der Waals surface area contributed by atoms with E-state index in [-0.39, 0.29) is 0 Å². The molecule has 0 amide bonds. The molecule has 0 saturated heterocycles. The summed E-state index contributed by atoms with van der Waals surface area (Å²) in [5.74, 6) is -0.422. The molecule has 1 aromatic carbocycles. The summed E-state index contributed by atoms with van der Waals surface area (Å²) in [6, 6.07) is 4.49. The summed E-state index contributed by atoms with van der Waals surface area (Å²) in [6.07, 6.45) is 4.29. The lowest BCUT2D eigenvalue weighted by atomic mass is 10.0. The van der Waals surface area contributed by atoms with E-state index < -0.39 is 11.6 Å². The van der Waals surface area contributed by atoms with Crippen LogP contribution in [0.5, 0.6) is 0 Å². The molecule has 17 heavy (non-hydrogen) atoms.